The molecule has 0 aromatic heterocycles. The van der Waals surface area contributed by atoms with Crippen LogP contribution in [-0.4, -0.2) is 37.1 Å². The zero-order valence-electron chi connectivity index (χ0n) is 10.5. The number of benzene rings is 1. The number of likely N-dealkylation sites (N-methyl/N-ethyl adjacent to an activating group) is 1. The van der Waals surface area contributed by atoms with E-state index in [9.17, 15) is 28.1 Å². The van der Waals surface area contributed by atoms with Gasteiger partial charge in [0.15, 0.2) is 0 Å². The average Bonchev–Trinajstić information content (AvgIpc) is 2.37. The molecule has 9 heteroatoms. The Balaban J connectivity index is 2.55. The second-order valence-corrected chi connectivity index (χ2v) is 3.95. The van der Waals surface area contributed by atoms with E-state index in [1.807, 2.05) is 0 Å². The molecule has 110 valence electrons. The smallest absolute Gasteiger partial charge is 0.373 e. The summed E-state index contributed by atoms with van der Waals surface area (Å²) in [5.74, 6) is -2.01. The van der Waals surface area contributed by atoms with E-state index in [4.69, 9.17) is 0 Å². The quantitative estimate of drug-likeness (QED) is 0.662. The highest BCUT2D eigenvalue weighted by Gasteiger charge is 2.38. The second kappa shape index (κ2) is 6.22. The van der Waals surface area contributed by atoms with Crippen molar-refractivity contribution in [3.05, 3.63) is 34.4 Å². The summed E-state index contributed by atoms with van der Waals surface area (Å²) in [6.07, 6.45) is -4.91. The summed E-state index contributed by atoms with van der Waals surface area (Å²) < 4.78 is 35.8. The molecule has 0 heterocycles. The first-order valence-corrected chi connectivity index (χ1v) is 5.52. The first kappa shape index (κ1) is 15.7. The summed E-state index contributed by atoms with van der Waals surface area (Å²) in [7, 11) is 1.55. The minimum atomic E-state index is -4.91. The molecule has 20 heavy (non-hydrogen) atoms. The summed E-state index contributed by atoms with van der Waals surface area (Å²) in [6, 6.07) is 5.66. The van der Waals surface area contributed by atoms with Crippen LogP contribution in [0.5, 0.6) is 0 Å². The summed E-state index contributed by atoms with van der Waals surface area (Å²) >= 11 is 0. The Morgan fingerprint density at radius 1 is 1.45 bits per heavy atom. The molecule has 0 aliphatic rings. The van der Waals surface area contributed by atoms with Crippen LogP contribution in [0, 0.1) is 10.1 Å². The molecule has 0 spiro atoms. The van der Waals surface area contributed by atoms with Crippen LogP contribution < -0.4 is 10.2 Å². The molecule has 0 atom stereocenters. The normalized spacial score (nSPS) is 11.0. The number of nitro groups is 1. The van der Waals surface area contributed by atoms with Crippen LogP contribution in [0.15, 0.2) is 24.3 Å². The van der Waals surface area contributed by atoms with Gasteiger partial charge in [0.1, 0.15) is 0 Å². The Morgan fingerprint density at radius 2 is 2.10 bits per heavy atom. The highest BCUT2D eigenvalue weighted by molar-refractivity contribution is 5.81. The largest absolute Gasteiger partial charge is 0.471 e. The maximum atomic E-state index is 11.9. The van der Waals surface area contributed by atoms with Crippen molar-refractivity contribution in [3.8, 4) is 0 Å². The maximum Gasteiger partial charge on any atom is 0.471 e. The van der Waals surface area contributed by atoms with Crippen LogP contribution >= 0.6 is 0 Å². The minimum absolute atomic E-state index is 0.0863. The lowest BCUT2D eigenvalue weighted by atomic mass is 10.2. The van der Waals surface area contributed by atoms with Crippen molar-refractivity contribution >= 4 is 17.3 Å². The van der Waals surface area contributed by atoms with Gasteiger partial charge in [0.2, 0.25) is 0 Å². The standard InChI is InChI=1S/C11H12F3N3O3/c1-16(6-5-15-10(18)11(12,13)14)8-3-2-4-9(7-8)17(19)20/h2-4,7H,5-6H2,1H3,(H,15,18). The maximum absolute atomic E-state index is 11.9. The van der Waals surface area contributed by atoms with Gasteiger partial charge in [-0.25, -0.2) is 0 Å². The Labute approximate surface area is 112 Å². The second-order valence-electron chi connectivity index (χ2n) is 3.95. The van der Waals surface area contributed by atoms with E-state index in [1.54, 1.807) is 18.4 Å². The van der Waals surface area contributed by atoms with Gasteiger partial charge < -0.3 is 10.2 Å². The van der Waals surface area contributed by atoms with Crippen molar-refractivity contribution < 1.29 is 22.9 Å². The minimum Gasteiger partial charge on any atom is -0.373 e. The molecule has 0 saturated heterocycles. The van der Waals surface area contributed by atoms with Crippen LogP contribution in [0.25, 0.3) is 0 Å². The van der Waals surface area contributed by atoms with E-state index >= 15 is 0 Å². The summed E-state index contributed by atoms with van der Waals surface area (Å²) in [4.78, 5) is 22.1. The lowest BCUT2D eigenvalue weighted by molar-refractivity contribution is -0.384. The molecule has 0 bridgehead atoms. The number of nitrogens with zero attached hydrogens (tertiary/aromatic N) is 2. The van der Waals surface area contributed by atoms with Gasteiger partial charge in [-0.2, -0.15) is 13.2 Å². The van der Waals surface area contributed by atoms with Crippen molar-refractivity contribution in [3.63, 3.8) is 0 Å². The molecule has 6 nitrogen and oxygen atoms in total. The predicted molar refractivity (Wildman–Crippen MR) is 65.4 cm³/mol. The van der Waals surface area contributed by atoms with Crippen molar-refractivity contribution in [1.82, 2.24) is 5.32 Å². The number of nitrogens with one attached hydrogen (secondary N) is 1. The molecular weight excluding hydrogens is 279 g/mol. The zero-order chi connectivity index (χ0) is 15.3. The summed E-state index contributed by atoms with van der Waals surface area (Å²) in [6.45, 7) is -0.138. The Bertz CT molecular complexity index is 505. The lowest BCUT2D eigenvalue weighted by Gasteiger charge is -2.19. The van der Waals surface area contributed by atoms with Gasteiger partial charge in [-0.05, 0) is 6.07 Å². The molecule has 1 aromatic rings. The monoisotopic (exact) mass is 291 g/mol. The van der Waals surface area contributed by atoms with E-state index in [-0.39, 0.29) is 18.8 Å². The van der Waals surface area contributed by atoms with Crippen molar-refractivity contribution in [2.45, 2.75) is 6.18 Å². The number of carbonyl (C=O) groups excluding carboxylic acids is 1. The third-order valence-electron chi connectivity index (χ3n) is 2.47. The highest BCUT2D eigenvalue weighted by atomic mass is 19.4. The molecule has 1 N–H and O–H groups in total. The first-order chi connectivity index (χ1) is 9.21. The van der Waals surface area contributed by atoms with Crippen LogP contribution in [-0.2, 0) is 4.79 Å². The fourth-order valence-corrected chi connectivity index (χ4v) is 1.41. The van der Waals surface area contributed by atoms with Gasteiger partial charge in [-0.3, -0.25) is 14.9 Å². The number of rotatable bonds is 5. The van der Waals surface area contributed by atoms with E-state index in [0.29, 0.717) is 5.69 Å². The zero-order valence-corrected chi connectivity index (χ0v) is 10.5. The molecule has 0 aliphatic carbocycles. The average molecular weight is 291 g/mol. The third-order valence-corrected chi connectivity index (χ3v) is 2.47. The number of nitro benzene ring substituents is 1. The molecule has 1 aromatic carbocycles. The summed E-state index contributed by atoms with van der Waals surface area (Å²) in [5, 5.41) is 12.3. The molecule has 0 saturated carbocycles. The molecular formula is C11H12F3N3O3. The highest BCUT2D eigenvalue weighted by Crippen LogP contribution is 2.19. The molecule has 0 aliphatic heterocycles. The molecule has 0 radical (unpaired) electrons. The number of alkyl halides is 3. The fraction of sp³-hybridized carbons (Fsp3) is 0.364. The van der Waals surface area contributed by atoms with Crippen LogP contribution in [0.1, 0.15) is 0 Å². The third kappa shape index (κ3) is 4.41. The predicted octanol–water partition coefficient (Wildman–Crippen LogP) is 1.71. The van der Waals surface area contributed by atoms with Crippen molar-refractivity contribution in [2.24, 2.45) is 0 Å². The van der Waals surface area contributed by atoms with Crippen molar-refractivity contribution in [2.75, 3.05) is 25.0 Å². The number of non-ortho nitro benzene ring substituents is 1. The number of hydrogen-bond acceptors (Lipinski definition) is 4. The lowest BCUT2D eigenvalue weighted by Crippen LogP contribution is -2.40. The molecule has 1 rings (SSSR count). The van der Waals surface area contributed by atoms with Gasteiger partial charge in [-0.1, -0.05) is 6.07 Å². The van der Waals surface area contributed by atoms with E-state index in [2.05, 4.69) is 0 Å². The number of anilines is 1. The van der Waals surface area contributed by atoms with Gasteiger partial charge >= 0.3 is 12.1 Å². The molecule has 0 unspecified atom stereocenters. The van der Waals surface area contributed by atoms with Crippen molar-refractivity contribution in [1.29, 1.82) is 0 Å². The Hall–Kier alpha value is -2.32. The molecule has 0 fully saturated rings. The topological polar surface area (TPSA) is 75.5 Å². The van der Waals surface area contributed by atoms with Crippen LogP contribution in [0.2, 0.25) is 0 Å². The van der Waals surface area contributed by atoms with Gasteiger partial charge in [0.25, 0.3) is 5.69 Å². The fourth-order valence-electron chi connectivity index (χ4n) is 1.41. The van der Waals surface area contributed by atoms with E-state index in [1.165, 1.54) is 23.1 Å². The van der Waals surface area contributed by atoms with Crippen LogP contribution in [0.4, 0.5) is 24.5 Å². The van der Waals surface area contributed by atoms with E-state index < -0.39 is 17.0 Å². The van der Waals surface area contributed by atoms with Crippen LogP contribution in [0.3, 0.4) is 0 Å². The number of hydrogen-bond donors (Lipinski definition) is 1. The van der Waals surface area contributed by atoms with Gasteiger partial charge in [-0.15, -0.1) is 0 Å². The summed E-state index contributed by atoms with van der Waals surface area (Å²) in [5.41, 5.74) is 0.356. The Morgan fingerprint density at radius 3 is 2.65 bits per heavy atom. The Kier molecular flexibility index (Phi) is 4.89. The van der Waals surface area contributed by atoms with E-state index in [0.717, 1.165) is 0 Å². The van der Waals surface area contributed by atoms with Gasteiger partial charge in [0.05, 0.1) is 4.92 Å². The number of amides is 1. The molecule has 1 amide bonds. The first-order valence-electron chi connectivity index (χ1n) is 5.52. The van der Waals surface area contributed by atoms with Gasteiger partial charge in [0, 0.05) is 38.0 Å². The number of halogens is 3. The number of carbonyl (C=O) groups is 1. The SMILES string of the molecule is CN(CCNC(=O)C(F)(F)F)c1cccc([N+](=O)[O-])c1.